The molecule has 1 unspecified atom stereocenters. The van der Waals surface area contributed by atoms with Crippen LogP contribution in [0, 0.1) is 0 Å². The molecule has 1 aliphatic heterocycles. The zero-order chi connectivity index (χ0) is 32.7. The molecule has 2 heterocycles. The fourth-order valence-corrected chi connectivity index (χ4v) is 6.74. The lowest BCUT2D eigenvalue weighted by Crippen LogP contribution is -2.55. The van der Waals surface area contributed by atoms with Crippen LogP contribution in [0.3, 0.4) is 0 Å². The average molecular weight is 651 g/mol. The molecule has 1 saturated heterocycles. The van der Waals surface area contributed by atoms with E-state index in [-0.39, 0.29) is 23.5 Å². The Morgan fingerprint density at radius 3 is 2.41 bits per heavy atom. The highest BCUT2D eigenvalue weighted by atomic mass is 32.2. The molecule has 0 saturated carbocycles. The van der Waals surface area contributed by atoms with E-state index >= 15 is 0 Å². The van der Waals surface area contributed by atoms with Crippen LogP contribution in [0.4, 0.5) is 13.2 Å². The molecule has 1 aromatic heterocycles. The number of piperazine rings is 1. The summed E-state index contributed by atoms with van der Waals surface area (Å²) in [6.07, 6.45) is -0.787. The molecule has 242 valence electrons. The van der Waals surface area contributed by atoms with Crippen LogP contribution < -0.4 is 5.56 Å². The summed E-state index contributed by atoms with van der Waals surface area (Å²) in [6, 6.07) is 21.4. The van der Waals surface area contributed by atoms with E-state index in [0.717, 1.165) is 30.5 Å². The second-order valence-electron chi connectivity index (χ2n) is 11.5. The fourth-order valence-electron chi connectivity index (χ4n) is 5.73. The summed E-state index contributed by atoms with van der Waals surface area (Å²) >= 11 is 1.31. The quantitative estimate of drug-likeness (QED) is 0.102. The standard InChI is InChI=1S/C35H37F3N4O3S/c1-25-24-40(20-21-41(25)32(44)19-18-26-11-4-2-5-12-26)31(43)17-6-3-9-22-46-34-39-30-16-8-7-15-29(30)33(45)42(34)28-14-10-13-27(23-28)35(36,37)38/h2,4-5,7-8,10-16,23,25H,3,6,9,17-22,24H2,1H3. The van der Waals surface area contributed by atoms with Crippen LogP contribution in [0.1, 0.15) is 50.2 Å². The van der Waals surface area contributed by atoms with Crippen LogP contribution in [-0.4, -0.2) is 62.6 Å². The van der Waals surface area contributed by atoms with Gasteiger partial charge in [-0.2, -0.15) is 13.2 Å². The van der Waals surface area contributed by atoms with Crippen molar-refractivity contribution in [3.05, 3.63) is 100 Å². The topological polar surface area (TPSA) is 75.5 Å². The van der Waals surface area contributed by atoms with Gasteiger partial charge in [0.1, 0.15) is 0 Å². The van der Waals surface area contributed by atoms with Gasteiger partial charge in [0, 0.05) is 44.3 Å². The maximum Gasteiger partial charge on any atom is 0.416 e. The van der Waals surface area contributed by atoms with Crippen molar-refractivity contribution in [2.24, 2.45) is 0 Å². The minimum absolute atomic E-state index is 0.0405. The van der Waals surface area contributed by atoms with E-state index in [1.54, 1.807) is 24.3 Å². The molecule has 11 heteroatoms. The monoisotopic (exact) mass is 650 g/mol. The lowest BCUT2D eigenvalue weighted by molar-refractivity contribution is -0.142. The Kier molecular flexibility index (Phi) is 10.8. The largest absolute Gasteiger partial charge is 0.416 e. The molecule has 0 N–H and O–H groups in total. The Hall–Kier alpha value is -4.12. The second-order valence-corrected chi connectivity index (χ2v) is 12.6. The molecule has 3 aromatic carbocycles. The number of rotatable bonds is 11. The van der Waals surface area contributed by atoms with Gasteiger partial charge in [-0.25, -0.2) is 4.98 Å². The number of fused-ring (bicyclic) bond motifs is 1. The molecular formula is C35H37F3N4O3S. The summed E-state index contributed by atoms with van der Waals surface area (Å²) < 4.78 is 41.6. The lowest BCUT2D eigenvalue weighted by Gasteiger charge is -2.40. The molecule has 0 radical (unpaired) electrons. The van der Waals surface area contributed by atoms with Gasteiger partial charge >= 0.3 is 6.18 Å². The minimum atomic E-state index is -4.54. The number of carbonyl (C=O) groups is 2. The SMILES string of the molecule is CC1CN(C(=O)CCCCCSc2nc3ccccc3c(=O)n2-c2cccc(C(F)(F)F)c2)CCN1C(=O)CCc1ccccc1. The van der Waals surface area contributed by atoms with Crippen LogP contribution in [0.5, 0.6) is 0 Å². The molecule has 2 amide bonds. The summed E-state index contributed by atoms with van der Waals surface area (Å²) in [6.45, 7) is 3.56. The zero-order valence-electron chi connectivity index (χ0n) is 25.7. The number of thioether (sulfide) groups is 1. The first-order chi connectivity index (χ1) is 22.1. The Balaban J connectivity index is 1.11. The third kappa shape index (κ3) is 8.17. The van der Waals surface area contributed by atoms with Crippen molar-refractivity contribution in [2.45, 2.75) is 62.8 Å². The molecule has 0 aliphatic carbocycles. The molecular weight excluding hydrogens is 613 g/mol. The highest BCUT2D eigenvalue weighted by Crippen LogP contribution is 2.31. The van der Waals surface area contributed by atoms with Gasteiger partial charge in [0.05, 0.1) is 22.2 Å². The first kappa shape index (κ1) is 33.2. The van der Waals surface area contributed by atoms with Crippen LogP contribution in [-0.2, 0) is 22.2 Å². The van der Waals surface area contributed by atoms with Crippen molar-refractivity contribution < 1.29 is 22.8 Å². The molecule has 7 nitrogen and oxygen atoms in total. The number of hydrogen-bond donors (Lipinski definition) is 0. The van der Waals surface area contributed by atoms with Crippen molar-refractivity contribution in [3.63, 3.8) is 0 Å². The van der Waals surface area contributed by atoms with E-state index in [0.29, 0.717) is 67.1 Å². The van der Waals surface area contributed by atoms with Gasteiger partial charge in [-0.3, -0.25) is 19.0 Å². The van der Waals surface area contributed by atoms with Gasteiger partial charge in [-0.1, -0.05) is 66.7 Å². The number of para-hydroxylation sites is 1. The first-order valence-electron chi connectivity index (χ1n) is 15.5. The molecule has 0 spiro atoms. The minimum Gasteiger partial charge on any atom is -0.339 e. The van der Waals surface area contributed by atoms with Crippen LogP contribution in [0.15, 0.2) is 88.8 Å². The molecule has 5 rings (SSSR count). The van der Waals surface area contributed by atoms with Crippen molar-refractivity contribution in [3.8, 4) is 5.69 Å². The highest BCUT2D eigenvalue weighted by molar-refractivity contribution is 7.99. The van der Waals surface area contributed by atoms with E-state index in [1.165, 1.54) is 28.5 Å². The van der Waals surface area contributed by atoms with Crippen LogP contribution in [0.2, 0.25) is 0 Å². The number of carbonyl (C=O) groups excluding carboxylic acids is 2. The number of alkyl halides is 3. The molecule has 0 bridgehead atoms. The van der Waals surface area contributed by atoms with E-state index in [9.17, 15) is 27.6 Å². The number of halogens is 3. The van der Waals surface area contributed by atoms with E-state index in [2.05, 4.69) is 4.98 Å². The lowest BCUT2D eigenvalue weighted by atomic mass is 10.1. The van der Waals surface area contributed by atoms with Crippen molar-refractivity contribution in [1.29, 1.82) is 0 Å². The predicted octanol–water partition coefficient (Wildman–Crippen LogP) is 6.75. The van der Waals surface area contributed by atoms with Crippen LogP contribution in [0.25, 0.3) is 16.6 Å². The molecule has 1 atom stereocenters. The number of amides is 2. The van der Waals surface area contributed by atoms with Gasteiger partial charge in [0.25, 0.3) is 5.56 Å². The van der Waals surface area contributed by atoms with Gasteiger partial charge in [0.2, 0.25) is 11.8 Å². The molecule has 1 fully saturated rings. The van der Waals surface area contributed by atoms with Crippen molar-refractivity contribution in [1.82, 2.24) is 19.4 Å². The van der Waals surface area contributed by atoms with Crippen molar-refractivity contribution >= 4 is 34.5 Å². The number of aromatic nitrogens is 2. The summed E-state index contributed by atoms with van der Waals surface area (Å²) in [4.78, 5) is 47.5. The summed E-state index contributed by atoms with van der Waals surface area (Å²) in [5, 5.41) is 0.652. The van der Waals surface area contributed by atoms with Gasteiger partial charge < -0.3 is 9.80 Å². The summed E-state index contributed by atoms with van der Waals surface area (Å²) in [5.74, 6) is 0.768. The van der Waals surface area contributed by atoms with E-state index in [4.69, 9.17) is 0 Å². The predicted molar refractivity (Wildman–Crippen MR) is 174 cm³/mol. The second kappa shape index (κ2) is 15.0. The number of nitrogens with zero attached hydrogens (tertiary/aromatic N) is 4. The Bertz CT molecular complexity index is 1730. The number of benzene rings is 3. The summed E-state index contributed by atoms with van der Waals surface area (Å²) in [7, 11) is 0. The maximum absolute atomic E-state index is 13.4. The number of hydrogen-bond acceptors (Lipinski definition) is 5. The van der Waals surface area contributed by atoms with Gasteiger partial charge in [0.15, 0.2) is 5.16 Å². The Morgan fingerprint density at radius 2 is 1.65 bits per heavy atom. The fraction of sp³-hybridized carbons (Fsp3) is 0.371. The average Bonchev–Trinajstić information content (AvgIpc) is 3.05. The number of aryl methyl sites for hydroxylation is 1. The summed E-state index contributed by atoms with van der Waals surface area (Å²) in [5.41, 5.74) is 0.463. The third-order valence-electron chi connectivity index (χ3n) is 8.21. The van der Waals surface area contributed by atoms with E-state index < -0.39 is 17.3 Å². The third-order valence-corrected chi connectivity index (χ3v) is 9.24. The zero-order valence-corrected chi connectivity index (χ0v) is 26.5. The van der Waals surface area contributed by atoms with Gasteiger partial charge in [-0.15, -0.1) is 0 Å². The molecule has 4 aromatic rings. The van der Waals surface area contributed by atoms with Crippen LogP contribution >= 0.6 is 11.8 Å². The molecule has 46 heavy (non-hydrogen) atoms. The Labute approximate surface area is 270 Å². The maximum atomic E-state index is 13.4. The Morgan fingerprint density at radius 1 is 0.891 bits per heavy atom. The van der Waals surface area contributed by atoms with Crippen molar-refractivity contribution in [2.75, 3.05) is 25.4 Å². The number of unbranched alkanes of at least 4 members (excludes halogenated alkanes) is 2. The van der Waals surface area contributed by atoms with E-state index in [1.807, 2.05) is 47.1 Å². The smallest absolute Gasteiger partial charge is 0.339 e. The first-order valence-corrected chi connectivity index (χ1v) is 16.5. The highest BCUT2D eigenvalue weighted by Gasteiger charge is 2.31. The normalized spacial score (nSPS) is 15.3. The molecule has 1 aliphatic rings. The van der Waals surface area contributed by atoms with Gasteiger partial charge in [-0.05, 0) is 62.1 Å².